The lowest BCUT2D eigenvalue weighted by molar-refractivity contribution is -0.153. The number of amides is 2. The van der Waals surface area contributed by atoms with Crippen LogP contribution in [0.25, 0.3) is 0 Å². The van der Waals surface area contributed by atoms with E-state index in [0.29, 0.717) is 12.4 Å². The van der Waals surface area contributed by atoms with E-state index in [1.807, 2.05) is 0 Å². The van der Waals surface area contributed by atoms with Crippen LogP contribution in [0.2, 0.25) is 0 Å². The maximum atomic E-state index is 11.5. The third kappa shape index (κ3) is 1.50. The number of hydrogen-bond acceptors (Lipinski definition) is 4. The van der Waals surface area contributed by atoms with Crippen molar-refractivity contribution in [3.8, 4) is 0 Å². The fraction of sp³-hybridized carbons (Fsp3) is 0.300. The van der Waals surface area contributed by atoms with Gasteiger partial charge in [0.05, 0.1) is 0 Å². The first-order chi connectivity index (χ1) is 7.25. The molecule has 78 valence electrons. The second-order valence-electron chi connectivity index (χ2n) is 3.04. The van der Waals surface area contributed by atoms with Crippen LogP contribution >= 0.6 is 0 Å². The van der Waals surface area contributed by atoms with Crippen molar-refractivity contribution in [1.29, 1.82) is 0 Å². The number of pyridine rings is 1. The molecule has 0 spiro atoms. The number of imide groups is 1. The van der Waals surface area contributed by atoms with Crippen molar-refractivity contribution in [2.45, 2.75) is 13.0 Å². The minimum atomic E-state index is -0.933. The molecule has 2 rings (SSSR count). The van der Waals surface area contributed by atoms with Crippen molar-refractivity contribution >= 4 is 17.6 Å². The van der Waals surface area contributed by atoms with Gasteiger partial charge in [-0.1, -0.05) is 6.07 Å². The Labute approximate surface area is 86.7 Å². The molecule has 0 bridgehead atoms. The van der Waals surface area contributed by atoms with Crippen molar-refractivity contribution in [3.05, 3.63) is 24.4 Å². The number of rotatable bonds is 3. The molecule has 0 saturated carbocycles. The van der Waals surface area contributed by atoms with Gasteiger partial charge in [-0.15, -0.1) is 0 Å². The summed E-state index contributed by atoms with van der Waals surface area (Å²) in [6.07, 6.45) is 0.598. The lowest BCUT2D eigenvalue weighted by Gasteiger charge is -2.34. The molecule has 15 heavy (non-hydrogen) atoms. The molecule has 2 heterocycles. The van der Waals surface area contributed by atoms with Crippen LogP contribution in [0.15, 0.2) is 24.4 Å². The summed E-state index contributed by atoms with van der Waals surface area (Å²) in [7, 11) is 0. The van der Waals surface area contributed by atoms with Crippen LogP contribution in [-0.2, 0) is 14.3 Å². The largest absolute Gasteiger partial charge is 0.359 e. The molecule has 1 aromatic heterocycles. The number of hydrogen-bond donors (Lipinski definition) is 0. The van der Waals surface area contributed by atoms with Gasteiger partial charge in [-0.05, 0) is 19.1 Å². The van der Waals surface area contributed by atoms with E-state index >= 15 is 0 Å². The summed E-state index contributed by atoms with van der Waals surface area (Å²) in [4.78, 5) is 28.0. The van der Waals surface area contributed by atoms with Crippen LogP contribution in [-0.4, -0.2) is 29.5 Å². The molecule has 1 aliphatic rings. The zero-order valence-electron chi connectivity index (χ0n) is 8.21. The summed E-state index contributed by atoms with van der Waals surface area (Å²) < 4.78 is 4.99. The van der Waals surface area contributed by atoms with E-state index in [1.165, 1.54) is 6.20 Å². The summed E-state index contributed by atoms with van der Waals surface area (Å²) in [6, 6.07) is 5.05. The minimum absolute atomic E-state index is 0.345. The van der Waals surface area contributed by atoms with E-state index in [9.17, 15) is 9.59 Å². The molecular weight excluding hydrogens is 196 g/mol. The molecule has 0 aromatic carbocycles. The van der Waals surface area contributed by atoms with Crippen LogP contribution < -0.4 is 4.90 Å². The Balaban J connectivity index is 2.15. The Morgan fingerprint density at radius 2 is 2.13 bits per heavy atom. The third-order valence-corrected chi connectivity index (χ3v) is 2.10. The highest BCUT2D eigenvalue weighted by Gasteiger charge is 2.49. The summed E-state index contributed by atoms with van der Waals surface area (Å²) >= 11 is 0. The SMILES string of the molecule is CCOC1C(=O)N(c2ccccn2)C1=O. The van der Waals surface area contributed by atoms with Crippen LogP contribution in [0.1, 0.15) is 6.92 Å². The number of carbonyl (C=O) groups excluding carboxylic acids is 2. The molecule has 1 saturated heterocycles. The normalized spacial score (nSPS) is 16.7. The van der Waals surface area contributed by atoms with Gasteiger partial charge in [0.25, 0.3) is 11.8 Å². The molecule has 0 N–H and O–H groups in total. The van der Waals surface area contributed by atoms with Crippen LogP contribution in [0.3, 0.4) is 0 Å². The second-order valence-corrected chi connectivity index (χ2v) is 3.04. The number of β-lactam (4-membered cyclic amide) rings is 2. The molecule has 1 aromatic rings. The number of anilines is 1. The molecule has 5 heteroatoms. The molecule has 2 amide bonds. The molecular formula is C10H10N2O3. The van der Waals surface area contributed by atoms with E-state index < -0.39 is 6.10 Å². The molecule has 0 radical (unpaired) electrons. The van der Waals surface area contributed by atoms with Crippen molar-refractivity contribution in [1.82, 2.24) is 4.98 Å². The van der Waals surface area contributed by atoms with Crippen molar-refractivity contribution in [2.24, 2.45) is 0 Å². The number of nitrogens with zero attached hydrogens (tertiary/aromatic N) is 2. The van der Waals surface area contributed by atoms with Gasteiger partial charge in [0.15, 0.2) is 0 Å². The predicted octanol–water partition coefficient (Wildman–Crippen LogP) is 0.360. The summed E-state index contributed by atoms with van der Waals surface area (Å²) in [6.45, 7) is 2.09. The van der Waals surface area contributed by atoms with Gasteiger partial charge < -0.3 is 4.74 Å². The zero-order valence-corrected chi connectivity index (χ0v) is 8.21. The van der Waals surface area contributed by atoms with Gasteiger partial charge >= 0.3 is 0 Å². The average molecular weight is 206 g/mol. The Kier molecular flexibility index (Phi) is 2.47. The topological polar surface area (TPSA) is 59.5 Å². The highest BCUT2D eigenvalue weighted by molar-refractivity contribution is 6.35. The second kappa shape index (κ2) is 3.78. The summed E-state index contributed by atoms with van der Waals surface area (Å²) in [5.41, 5.74) is 0. The monoisotopic (exact) mass is 206 g/mol. The highest BCUT2D eigenvalue weighted by atomic mass is 16.5. The smallest absolute Gasteiger partial charge is 0.274 e. The first-order valence-corrected chi connectivity index (χ1v) is 4.66. The van der Waals surface area contributed by atoms with Crippen LogP contribution in [0.4, 0.5) is 5.82 Å². The Morgan fingerprint density at radius 1 is 1.40 bits per heavy atom. The lowest BCUT2D eigenvalue weighted by Crippen LogP contribution is -2.63. The lowest BCUT2D eigenvalue weighted by atomic mass is 10.1. The minimum Gasteiger partial charge on any atom is -0.359 e. The van der Waals surface area contributed by atoms with E-state index in [0.717, 1.165) is 4.90 Å². The van der Waals surface area contributed by atoms with Gasteiger partial charge in [-0.25, -0.2) is 9.88 Å². The molecule has 5 nitrogen and oxygen atoms in total. The van der Waals surface area contributed by atoms with Gasteiger partial charge in [-0.3, -0.25) is 9.59 Å². The average Bonchev–Trinajstić information content (AvgIpc) is 2.28. The Bertz CT molecular complexity index is 375. The van der Waals surface area contributed by atoms with Gasteiger partial charge in [0.1, 0.15) is 5.82 Å². The van der Waals surface area contributed by atoms with Crippen molar-refractivity contribution < 1.29 is 14.3 Å². The van der Waals surface area contributed by atoms with E-state index in [2.05, 4.69) is 4.98 Å². The third-order valence-electron chi connectivity index (χ3n) is 2.10. The molecule has 1 aliphatic heterocycles. The highest BCUT2D eigenvalue weighted by Crippen LogP contribution is 2.22. The number of aromatic nitrogens is 1. The first kappa shape index (κ1) is 9.79. The molecule has 0 atom stereocenters. The fourth-order valence-corrected chi connectivity index (χ4v) is 1.40. The predicted molar refractivity (Wildman–Crippen MR) is 52.1 cm³/mol. The molecule has 0 aliphatic carbocycles. The Hall–Kier alpha value is -1.75. The standard InChI is InChI=1S/C10H10N2O3/c1-2-15-8-9(13)12(10(8)14)7-5-3-4-6-11-7/h3-6,8H,2H2,1H3. The van der Waals surface area contributed by atoms with Gasteiger partial charge in [0, 0.05) is 12.8 Å². The summed E-state index contributed by atoms with van der Waals surface area (Å²) in [5, 5.41) is 0. The van der Waals surface area contributed by atoms with E-state index in [4.69, 9.17) is 4.74 Å². The first-order valence-electron chi connectivity index (χ1n) is 4.66. The molecule has 1 fully saturated rings. The quantitative estimate of drug-likeness (QED) is 0.529. The van der Waals surface area contributed by atoms with E-state index in [-0.39, 0.29) is 11.8 Å². The fourth-order valence-electron chi connectivity index (χ4n) is 1.40. The van der Waals surface area contributed by atoms with Crippen LogP contribution in [0.5, 0.6) is 0 Å². The maximum Gasteiger partial charge on any atom is 0.274 e. The zero-order chi connectivity index (χ0) is 10.8. The van der Waals surface area contributed by atoms with Gasteiger partial charge in [0.2, 0.25) is 6.10 Å². The van der Waals surface area contributed by atoms with Gasteiger partial charge in [-0.2, -0.15) is 0 Å². The van der Waals surface area contributed by atoms with Crippen LogP contribution in [0, 0.1) is 0 Å². The summed E-state index contributed by atoms with van der Waals surface area (Å²) in [5.74, 6) is -0.343. The maximum absolute atomic E-state index is 11.5. The Morgan fingerprint density at radius 3 is 2.67 bits per heavy atom. The van der Waals surface area contributed by atoms with E-state index in [1.54, 1.807) is 25.1 Å². The number of ether oxygens (including phenoxy) is 1. The number of carbonyl (C=O) groups is 2. The van der Waals surface area contributed by atoms with Crippen molar-refractivity contribution in [2.75, 3.05) is 11.5 Å². The molecule has 0 unspecified atom stereocenters. The van der Waals surface area contributed by atoms with Crippen molar-refractivity contribution in [3.63, 3.8) is 0 Å².